The summed E-state index contributed by atoms with van der Waals surface area (Å²) in [7, 11) is 0. The van der Waals surface area contributed by atoms with Gasteiger partial charge in [-0.2, -0.15) is 5.10 Å². The molecular weight excluding hydrogens is 378 g/mol. The van der Waals surface area contributed by atoms with Crippen molar-refractivity contribution < 1.29 is 4.79 Å². The topological polar surface area (TPSA) is 46.9 Å². The third-order valence-corrected chi connectivity index (χ3v) is 5.55. The average Bonchev–Trinajstić information content (AvgIpc) is 2.95. The maximum atomic E-state index is 12.3. The highest BCUT2D eigenvalue weighted by Gasteiger charge is 2.15. The number of nitrogens with one attached hydrogen (secondary N) is 1. The van der Waals surface area contributed by atoms with E-state index in [-0.39, 0.29) is 5.91 Å². The minimum absolute atomic E-state index is 0.0190. The van der Waals surface area contributed by atoms with Crippen molar-refractivity contribution in [2.75, 3.05) is 12.3 Å². The van der Waals surface area contributed by atoms with Crippen molar-refractivity contribution in [3.05, 3.63) is 76.6 Å². The summed E-state index contributed by atoms with van der Waals surface area (Å²) in [4.78, 5) is 13.5. The zero-order valence-electron chi connectivity index (χ0n) is 15.4. The highest BCUT2D eigenvalue weighted by Crippen LogP contribution is 2.20. The summed E-state index contributed by atoms with van der Waals surface area (Å²) >= 11 is 7.58. The Bertz CT molecular complexity index is 907. The maximum absolute atomic E-state index is 12.3. The number of carbonyl (C=O) groups is 1. The molecule has 0 aliphatic rings. The van der Waals surface area contributed by atoms with Crippen LogP contribution in [0.5, 0.6) is 0 Å². The Morgan fingerprint density at radius 3 is 2.52 bits per heavy atom. The number of benzene rings is 2. The normalized spacial score (nSPS) is 10.8. The van der Waals surface area contributed by atoms with E-state index in [1.807, 2.05) is 73.1 Å². The fourth-order valence-electron chi connectivity index (χ4n) is 2.86. The minimum atomic E-state index is 0.0190. The molecule has 6 heteroatoms. The quantitative estimate of drug-likeness (QED) is 0.466. The summed E-state index contributed by atoms with van der Waals surface area (Å²) in [6, 6.07) is 17.7. The molecule has 27 heavy (non-hydrogen) atoms. The van der Waals surface area contributed by atoms with Crippen LogP contribution in [0.4, 0.5) is 0 Å². The second-order valence-electron chi connectivity index (χ2n) is 6.23. The molecule has 2 aromatic carbocycles. The highest BCUT2D eigenvalue weighted by molar-refractivity contribution is 7.99. The van der Waals surface area contributed by atoms with Crippen LogP contribution in [0, 0.1) is 13.8 Å². The predicted octanol–water partition coefficient (Wildman–Crippen LogP) is 4.59. The number of aryl methyl sites for hydroxylation is 1. The number of para-hydroxylation sites is 1. The van der Waals surface area contributed by atoms with Gasteiger partial charge in [0.15, 0.2) is 0 Å². The van der Waals surface area contributed by atoms with Crippen LogP contribution in [0.2, 0.25) is 5.02 Å². The maximum Gasteiger partial charge on any atom is 0.224 e. The van der Waals surface area contributed by atoms with Gasteiger partial charge in [0, 0.05) is 33.5 Å². The van der Waals surface area contributed by atoms with E-state index >= 15 is 0 Å². The molecule has 0 radical (unpaired) electrons. The Kier molecular flexibility index (Phi) is 6.58. The molecule has 0 fully saturated rings. The Labute approximate surface area is 168 Å². The van der Waals surface area contributed by atoms with Crippen molar-refractivity contribution in [1.82, 2.24) is 15.1 Å². The molecule has 0 aliphatic carbocycles. The van der Waals surface area contributed by atoms with E-state index in [0.717, 1.165) is 38.3 Å². The van der Waals surface area contributed by atoms with Crippen LogP contribution in [0.15, 0.2) is 59.5 Å². The van der Waals surface area contributed by atoms with E-state index in [1.54, 1.807) is 11.8 Å². The van der Waals surface area contributed by atoms with E-state index in [0.29, 0.717) is 13.0 Å². The standard InChI is InChI=1S/C21H22ClN3OS/c1-15-20(16(2)25(24-15)18-6-4-3-5-7-18)14-21(26)23-12-13-27-19-10-8-17(22)9-11-19/h3-11H,12-14H2,1-2H3,(H,23,26). The van der Waals surface area contributed by atoms with E-state index < -0.39 is 0 Å². The van der Waals surface area contributed by atoms with Gasteiger partial charge in [-0.15, -0.1) is 11.8 Å². The molecule has 140 valence electrons. The summed E-state index contributed by atoms with van der Waals surface area (Å²) in [5, 5.41) is 8.32. The van der Waals surface area contributed by atoms with E-state index in [2.05, 4.69) is 10.4 Å². The van der Waals surface area contributed by atoms with Gasteiger partial charge in [0.2, 0.25) is 5.91 Å². The fourth-order valence-corrected chi connectivity index (χ4v) is 3.76. The second-order valence-corrected chi connectivity index (χ2v) is 7.83. The predicted molar refractivity (Wildman–Crippen MR) is 112 cm³/mol. The van der Waals surface area contributed by atoms with Crippen LogP contribution in [-0.4, -0.2) is 28.0 Å². The van der Waals surface area contributed by atoms with Gasteiger partial charge in [0.05, 0.1) is 17.8 Å². The van der Waals surface area contributed by atoms with Gasteiger partial charge < -0.3 is 5.32 Å². The number of thioether (sulfide) groups is 1. The van der Waals surface area contributed by atoms with Crippen LogP contribution in [0.3, 0.4) is 0 Å². The van der Waals surface area contributed by atoms with Crippen LogP contribution in [-0.2, 0) is 11.2 Å². The number of hydrogen-bond donors (Lipinski definition) is 1. The van der Waals surface area contributed by atoms with Gasteiger partial charge in [0.1, 0.15) is 0 Å². The second kappa shape index (κ2) is 9.11. The highest BCUT2D eigenvalue weighted by atomic mass is 35.5. The first kappa shape index (κ1) is 19.5. The third-order valence-electron chi connectivity index (χ3n) is 4.29. The Hall–Kier alpha value is -2.24. The first-order valence-corrected chi connectivity index (χ1v) is 10.2. The summed E-state index contributed by atoms with van der Waals surface area (Å²) < 4.78 is 1.90. The molecule has 0 saturated carbocycles. The van der Waals surface area contributed by atoms with Crippen LogP contribution in [0.25, 0.3) is 5.69 Å². The lowest BCUT2D eigenvalue weighted by Gasteiger charge is -2.07. The summed E-state index contributed by atoms with van der Waals surface area (Å²) in [5.74, 6) is 0.833. The minimum Gasteiger partial charge on any atom is -0.355 e. The number of hydrogen-bond acceptors (Lipinski definition) is 3. The van der Waals surface area contributed by atoms with Gasteiger partial charge in [-0.3, -0.25) is 4.79 Å². The van der Waals surface area contributed by atoms with Gasteiger partial charge in [-0.05, 0) is 50.2 Å². The van der Waals surface area contributed by atoms with Crippen molar-refractivity contribution in [2.24, 2.45) is 0 Å². The van der Waals surface area contributed by atoms with Crippen molar-refractivity contribution in [1.29, 1.82) is 0 Å². The van der Waals surface area contributed by atoms with Crippen molar-refractivity contribution in [3.8, 4) is 5.69 Å². The molecule has 0 aliphatic heterocycles. The number of amides is 1. The number of nitrogens with zero attached hydrogens (tertiary/aromatic N) is 2. The smallest absolute Gasteiger partial charge is 0.224 e. The largest absolute Gasteiger partial charge is 0.355 e. The number of halogens is 1. The zero-order chi connectivity index (χ0) is 19.2. The van der Waals surface area contributed by atoms with E-state index in [9.17, 15) is 4.79 Å². The van der Waals surface area contributed by atoms with E-state index in [4.69, 9.17) is 11.6 Å². The van der Waals surface area contributed by atoms with Gasteiger partial charge in [0.25, 0.3) is 0 Å². The molecule has 0 unspecified atom stereocenters. The molecule has 0 bridgehead atoms. The molecule has 0 saturated heterocycles. The average molecular weight is 400 g/mol. The van der Waals surface area contributed by atoms with Gasteiger partial charge in [-0.1, -0.05) is 29.8 Å². The first-order valence-electron chi connectivity index (χ1n) is 8.80. The molecule has 3 aromatic rings. The van der Waals surface area contributed by atoms with Crippen molar-refractivity contribution in [3.63, 3.8) is 0 Å². The fraction of sp³-hybridized carbons (Fsp3) is 0.238. The molecular formula is C21H22ClN3OS. The summed E-state index contributed by atoms with van der Waals surface area (Å²) in [6.07, 6.45) is 0.343. The van der Waals surface area contributed by atoms with Gasteiger partial charge >= 0.3 is 0 Å². The molecule has 1 heterocycles. The lowest BCUT2D eigenvalue weighted by Crippen LogP contribution is -2.27. The third kappa shape index (κ3) is 5.15. The van der Waals surface area contributed by atoms with Crippen LogP contribution in [0.1, 0.15) is 17.0 Å². The molecule has 1 aromatic heterocycles. The Balaban J connectivity index is 1.53. The lowest BCUT2D eigenvalue weighted by atomic mass is 10.1. The summed E-state index contributed by atoms with van der Waals surface area (Å²) in [5.41, 5.74) is 3.89. The number of aromatic nitrogens is 2. The van der Waals surface area contributed by atoms with Gasteiger partial charge in [-0.25, -0.2) is 4.68 Å². The monoisotopic (exact) mass is 399 g/mol. The van der Waals surface area contributed by atoms with E-state index in [1.165, 1.54) is 0 Å². The van der Waals surface area contributed by atoms with Crippen molar-refractivity contribution in [2.45, 2.75) is 25.2 Å². The summed E-state index contributed by atoms with van der Waals surface area (Å²) in [6.45, 7) is 4.58. The molecule has 3 rings (SSSR count). The molecule has 0 spiro atoms. The molecule has 4 nitrogen and oxygen atoms in total. The number of rotatable bonds is 7. The van der Waals surface area contributed by atoms with Crippen LogP contribution < -0.4 is 5.32 Å². The van der Waals surface area contributed by atoms with Crippen LogP contribution >= 0.6 is 23.4 Å². The number of carbonyl (C=O) groups excluding carboxylic acids is 1. The lowest BCUT2D eigenvalue weighted by molar-refractivity contribution is -0.120. The first-order chi connectivity index (χ1) is 13.0. The van der Waals surface area contributed by atoms with Crippen molar-refractivity contribution >= 4 is 29.3 Å². The Morgan fingerprint density at radius 2 is 1.81 bits per heavy atom. The SMILES string of the molecule is Cc1nn(-c2ccccc2)c(C)c1CC(=O)NCCSc1ccc(Cl)cc1. The Morgan fingerprint density at radius 1 is 1.11 bits per heavy atom. The zero-order valence-corrected chi connectivity index (χ0v) is 17.0. The molecule has 1 amide bonds. The molecule has 0 atom stereocenters. The molecule has 1 N–H and O–H groups in total.